The van der Waals surface area contributed by atoms with Gasteiger partial charge in [-0.3, -0.25) is 14.7 Å². The predicted molar refractivity (Wildman–Crippen MR) is 93.7 cm³/mol. The molecule has 7 heteroatoms. The molecule has 1 aliphatic heterocycles. The van der Waals surface area contributed by atoms with Crippen LogP contribution in [0.25, 0.3) is 11.3 Å². The van der Waals surface area contributed by atoms with Gasteiger partial charge in [0.1, 0.15) is 0 Å². The number of amides is 1. The lowest BCUT2D eigenvalue weighted by atomic mass is 9.86. The molecule has 0 spiro atoms. The molecule has 1 aromatic carbocycles. The SMILES string of the molecule is O=C1CC(C(=O)c2ccc(Cl)s2)c2c(n[nH]c2-c2ccccc2)N1. The summed E-state index contributed by atoms with van der Waals surface area (Å²) in [6.45, 7) is 0. The quantitative estimate of drug-likeness (QED) is 0.693. The van der Waals surface area contributed by atoms with Crippen molar-refractivity contribution in [3.63, 3.8) is 0 Å². The number of carbonyl (C=O) groups excluding carboxylic acids is 2. The van der Waals surface area contributed by atoms with Gasteiger partial charge in [0.15, 0.2) is 11.6 Å². The van der Waals surface area contributed by atoms with Gasteiger partial charge in [-0.1, -0.05) is 41.9 Å². The molecule has 1 aliphatic rings. The highest BCUT2D eigenvalue weighted by molar-refractivity contribution is 7.18. The minimum atomic E-state index is -0.572. The van der Waals surface area contributed by atoms with E-state index in [1.165, 1.54) is 11.3 Å². The number of nitrogens with one attached hydrogen (secondary N) is 2. The third-order valence-electron chi connectivity index (χ3n) is 3.99. The molecule has 3 aromatic rings. The number of H-pyrrole nitrogens is 1. The van der Waals surface area contributed by atoms with Crippen molar-refractivity contribution in [3.05, 3.63) is 57.2 Å². The van der Waals surface area contributed by atoms with Crippen molar-refractivity contribution in [1.29, 1.82) is 0 Å². The Bertz CT molecular complexity index is 932. The molecule has 0 aliphatic carbocycles. The van der Waals surface area contributed by atoms with E-state index < -0.39 is 5.92 Å². The molecule has 0 fully saturated rings. The van der Waals surface area contributed by atoms with Crippen LogP contribution in [0.5, 0.6) is 0 Å². The number of hydrogen-bond acceptors (Lipinski definition) is 4. The molecule has 2 N–H and O–H groups in total. The van der Waals surface area contributed by atoms with Gasteiger partial charge in [0.25, 0.3) is 0 Å². The van der Waals surface area contributed by atoms with E-state index in [0.717, 1.165) is 16.8 Å². The van der Waals surface area contributed by atoms with Crippen LogP contribution in [0.4, 0.5) is 5.82 Å². The predicted octanol–water partition coefficient (Wildman–Crippen LogP) is 4.10. The Balaban J connectivity index is 1.82. The van der Waals surface area contributed by atoms with Crippen LogP contribution in [0.1, 0.15) is 27.6 Å². The van der Waals surface area contributed by atoms with Crippen molar-refractivity contribution in [2.45, 2.75) is 12.3 Å². The second-order valence-corrected chi connectivity index (χ2v) is 7.21. The van der Waals surface area contributed by atoms with Crippen molar-refractivity contribution in [3.8, 4) is 11.3 Å². The molecule has 24 heavy (non-hydrogen) atoms. The number of aromatic amines is 1. The van der Waals surface area contributed by atoms with Gasteiger partial charge in [0.2, 0.25) is 5.91 Å². The lowest BCUT2D eigenvalue weighted by Crippen LogP contribution is -2.27. The van der Waals surface area contributed by atoms with Gasteiger partial charge in [0.05, 0.1) is 20.8 Å². The fraction of sp³-hybridized carbons (Fsp3) is 0.118. The first-order valence-electron chi connectivity index (χ1n) is 7.36. The molecule has 4 rings (SSSR count). The molecule has 0 saturated carbocycles. The maximum Gasteiger partial charge on any atom is 0.226 e. The third-order valence-corrected chi connectivity index (χ3v) is 5.24. The summed E-state index contributed by atoms with van der Waals surface area (Å²) in [7, 11) is 0. The molecule has 1 unspecified atom stereocenters. The smallest absolute Gasteiger partial charge is 0.226 e. The van der Waals surface area contributed by atoms with Crippen LogP contribution in [0.2, 0.25) is 4.34 Å². The van der Waals surface area contributed by atoms with Gasteiger partial charge in [-0.05, 0) is 17.7 Å². The number of benzene rings is 1. The molecule has 1 amide bonds. The van der Waals surface area contributed by atoms with Crippen LogP contribution in [0.3, 0.4) is 0 Å². The number of Topliss-reactive ketones (excluding diaryl/α,β-unsaturated/α-hetero) is 1. The second-order valence-electron chi connectivity index (χ2n) is 5.50. The molecule has 1 atom stereocenters. The summed E-state index contributed by atoms with van der Waals surface area (Å²) in [6.07, 6.45) is 0.0979. The molecule has 0 radical (unpaired) electrons. The number of carbonyl (C=O) groups is 2. The Hall–Kier alpha value is -2.44. The van der Waals surface area contributed by atoms with Crippen molar-refractivity contribution in [2.75, 3.05) is 5.32 Å². The van der Waals surface area contributed by atoms with Crippen molar-refractivity contribution in [1.82, 2.24) is 10.2 Å². The molecule has 5 nitrogen and oxygen atoms in total. The monoisotopic (exact) mass is 357 g/mol. The van der Waals surface area contributed by atoms with E-state index in [2.05, 4.69) is 15.5 Å². The Morgan fingerprint density at radius 2 is 2.00 bits per heavy atom. The van der Waals surface area contributed by atoms with Gasteiger partial charge >= 0.3 is 0 Å². The zero-order valence-electron chi connectivity index (χ0n) is 12.4. The van der Waals surface area contributed by atoms with Crippen LogP contribution in [0.15, 0.2) is 42.5 Å². The van der Waals surface area contributed by atoms with Crippen molar-refractivity contribution < 1.29 is 9.59 Å². The highest BCUT2D eigenvalue weighted by atomic mass is 35.5. The van der Waals surface area contributed by atoms with E-state index in [0.29, 0.717) is 15.0 Å². The normalized spacial score (nSPS) is 16.5. The molecule has 120 valence electrons. The number of fused-ring (bicyclic) bond motifs is 1. The van der Waals surface area contributed by atoms with E-state index in [-0.39, 0.29) is 18.1 Å². The van der Waals surface area contributed by atoms with E-state index in [4.69, 9.17) is 11.6 Å². The number of nitrogens with zero attached hydrogens (tertiary/aromatic N) is 1. The zero-order valence-corrected chi connectivity index (χ0v) is 13.9. The van der Waals surface area contributed by atoms with Gasteiger partial charge in [-0.2, -0.15) is 5.10 Å². The van der Waals surface area contributed by atoms with Crippen molar-refractivity contribution >= 4 is 40.4 Å². The van der Waals surface area contributed by atoms with E-state index in [1.54, 1.807) is 12.1 Å². The average Bonchev–Trinajstić information content (AvgIpc) is 3.20. The number of ketones is 1. The van der Waals surface area contributed by atoms with E-state index in [1.807, 2.05) is 30.3 Å². The number of aromatic nitrogens is 2. The largest absolute Gasteiger partial charge is 0.309 e. The standard InChI is InChI=1S/C17H12ClN3O2S/c18-12-7-6-11(24-12)16(23)10-8-13(22)19-17-14(10)15(20-21-17)9-4-2-1-3-5-9/h1-7,10H,8H2,(H2,19,20,21,22). The minimum Gasteiger partial charge on any atom is -0.309 e. The van der Waals surface area contributed by atoms with Crippen LogP contribution < -0.4 is 5.32 Å². The topological polar surface area (TPSA) is 74.8 Å². The first-order valence-corrected chi connectivity index (χ1v) is 8.56. The Labute approximate surface area is 146 Å². The van der Waals surface area contributed by atoms with E-state index in [9.17, 15) is 9.59 Å². The molecule has 2 aromatic heterocycles. The summed E-state index contributed by atoms with van der Waals surface area (Å²) in [4.78, 5) is 25.5. The fourth-order valence-corrected chi connectivity index (χ4v) is 3.96. The third kappa shape index (κ3) is 2.53. The first-order chi connectivity index (χ1) is 11.6. The zero-order chi connectivity index (χ0) is 16.7. The van der Waals surface area contributed by atoms with Crippen LogP contribution >= 0.6 is 22.9 Å². The number of anilines is 1. The highest BCUT2D eigenvalue weighted by Gasteiger charge is 2.36. The second kappa shape index (κ2) is 5.89. The van der Waals surface area contributed by atoms with Gasteiger partial charge in [-0.25, -0.2) is 0 Å². The number of hydrogen-bond donors (Lipinski definition) is 2. The van der Waals surface area contributed by atoms with E-state index >= 15 is 0 Å². The fourth-order valence-electron chi connectivity index (χ4n) is 2.92. The number of rotatable bonds is 3. The Morgan fingerprint density at radius 3 is 2.71 bits per heavy atom. The van der Waals surface area contributed by atoms with Gasteiger partial charge < -0.3 is 5.32 Å². The summed E-state index contributed by atoms with van der Waals surface area (Å²) >= 11 is 7.17. The number of thiophene rings is 1. The maximum atomic E-state index is 12.9. The van der Waals surface area contributed by atoms with Crippen LogP contribution in [0, 0.1) is 0 Å². The summed E-state index contributed by atoms with van der Waals surface area (Å²) in [6, 6.07) is 13.0. The maximum absolute atomic E-state index is 12.9. The molecule has 0 saturated heterocycles. The summed E-state index contributed by atoms with van der Waals surface area (Å²) < 4.78 is 0.550. The lowest BCUT2D eigenvalue weighted by Gasteiger charge is -2.21. The highest BCUT2D eigenvalue weighted by Crippen LogP contribution is 2.40. The molecule has 0 bridgehead atoms. The summed E-state index contributed by atoms with van der Waals surface area (Å²) in [5.41, 5.74) is 2.41. The van der Waals surface area contributed by atoms with Gasteiger partial charge in [-0.15, -0.1) is 11.3 Å². The summed E-state index contributed by atoms with van der Waals surface area (Å²) in [5.74, 6) is -0.472. The first kappa shape index (κ1) is 15.1. The van der Waals surface area contributed by atoms with Crippen LogP contribution in [-0.2, 0) is 4.79 Å². The average molecular weight is 358 g/mol. The molecule has 3 heterocycles. The Kier molecular flexibility index (Phi) is 3.70. The number of halogens is 1. The molecular weight excluding hydrogens is 346 g/mol. The molecular formula is C17H12ClN3O2S. The minimum absolute atomic E-state index is 0.0979. The van der Waals surface area contributed by atoms with Crippen molar-refractivity contribution in [2.24, 2.45) is 0 Å². The van der Waals surface area contributed by atoms with Crippen LogP contribution in [-0.4, -0.2) is 21.9 Å². The summed E-state index contributed by atoms with van der Waals surface area (Å²) in [5, 5.41) is 9.87. The lowest BCUT2D eigenvalue weighted by molar-refractivity contribution is -0.116. The van der Waals surface area contributed by atoms with Gasteiger partial charge in [0, 0.05) is 12.0 Å². The Morgan fingerprint density at radius 1 is 1.21 bits per heavy atom.